The molecule has 104 valence electrons. The van der Waals surface area contributed by atoms with Crippen molar-refractivity contribution < 1.29 is 9.84 Å². The molecule has 3 heteroatoms. The first-order chi connectivity index (χ1) is 9.28. The SMILES string of the molecule is CC1CCCC(OCc2ccc(C#CCCO)s2)C1. The van der Waals surface area contributed by atoms with Crippen molar-refractivity contribution in [1.82, 2.24) is 0 Å². The van der Waals surface area contributed by atoms with Gasteiger partial charge < -0.3 is 9.84 Å². The van der Waals surface area contributed by atoms with E-state index in [0.29, 0.717) is 19.1 Å². The Morgan fingerprint density at radius 1 is 1.42 bits per heavy atom. The summed E-state index contributed by atoms with van der Waals surface area (Å²) in [6, 6.07) is 4.14. The van der Waals surface area contributed by atoms with Gasteiger partial charge >= 0.3 is 0 Å². The number of aliphatic hydroxyl groups is 1. The van der Waals surface area contributed by atoms with Gasteiger partial charge in [-0.2, -0.15) is 0 Å². The Kier molecular flexibility index (Phi) is 5.91. The highest BCUT2D eigenvalue weighted by Crippen LogP contribution is 2.27. The molecule has 1 aliphatic carbocycles. The Balaban J connectivity index is 1.78. The molecule has 1 fully saturated rings. The fourth-order valence-corrected chi connectivity index (χ4v) is 3.26. The first kappa shape index (κ1) is 14.6. The van der Waals surface area contributed by atoms with Crippen molar-refractivity contribution in [3.8, 4) is 11.8 Å². The molecular weight excluding hydrogens is 256 g/mol. The van der Waals surface area contributed by atoms with Crippen LogP contribution in [0.1, 0.15) is 48.8 Å². The first-order valence-electron chi connectivity index (χ1n) is 7.08. The van der Waals surface area contributed by atoms with Crippen LogP contribution in [-0.2, 0) is 11.3 Å². The molecule has 0 amide bonds. The first-order valence-corrected chi connectivity index (χ1v) is 7.89. The van der Waals surface area contributed by atoms with E-state index in [-0.39, 0.29) is 6.61 Å². The van der Waals surface area contributed by atoms with Gasteiger partial charge in [-0.25, -0.2) is 0 Å². The smallest absolute Gasteiger partial charge is 0.0813 e. The summed E-state index contributed by atoms with van der Waals surface area (Å²) in [7, 11) is 0. The number of hydrogen-bond acceptors (Lipinski definition) is 3. The largest absolute Gasteiger partial charge is 0.395 e. The standard InChI is InChI=1S/C16H22O2S/c1-13-5-4-6-14(11-13)18-12-16-9-8-15(19-16)7-2-3-10-17/h8-9,13-14,17H,3-6,10-12H2,1H3. The summed E-state index contributed by atoms with van der Waals surface area (Å²) in [5.41, 5.74) is 0. The summed E-state index contributed by atoms with van der Waals surface area (Å²) in [5.74, 6) is 6.82. The molecule has 2 nitrogen and oxygen atoms in total. The van der Waals surface area contributed by atoms with Crippen LogP contribution in [0.5, 0.6) is 0 Å². The van der Waals surface area contributed by atoms with Crippen molar-refractivity contribution in [3.05, 3.63) is 21.9 Å². The molecule has 2 rings (SSSR count). The van der Waals surface area contributed by atoms with Gasteiger partial charge in [0.2, 0.25) is 0 Å². The predicted octanol–water partition coefficient (Wildman–Crippen LogP) is 3.58. The van der Waals surface area contributed by atoms with Crippen LogP contribution in [0, 0.1) is 17.8 Å². The van der Waals surface area contributed by atoms with Gasteiger partial charge in [0.15, 0.2) is 0 Å². The van der Waals surface area contributed by atoms with Crippen LogP contribution in [0.3, 0.4) is 0 Å². The van der Waals surface area contributed by atoms with Crippen molar-refractivity contribution in [2.24, 2.45) is 5.92 Å². The quantitative estimate of drug-likeness (QED) is 0.853. The minimum Gasteiger partial charge on any atom is -0.395 e. The monoisotopic (exact) mass is 278 g/mol. The van der Waals surface area contributed by atoms with Gasteiger partial charge in [-0.05, 0) is 30.9 Å². The fraction of sp³-hybridized carbons (Fsp3) is 0.625. The lowest BCUT2D eigenvalue weighted by atomic mass is 9.89. The Labute approximate surface area is 119 Å². The molecule has 1 N–H and O–H groups in total. The second-order valence-electron chi connectivity index (χ2n) is 5.25. The van der Waals surface area contributed by atoms with Crippen LogP contribution < -0.4 is 0 Å². The normalized spacial score (nSPS) is 22.8. The lowest BCUT2D eigenvalue weighted by molar-refractivity contribution is 0.00591. The van der Waals surface area contributed by atoms with Crippen LogP contribution in [-0.4, -0.2) is 17.8 Å². The van der Waals surface area contributed by atoms with Crippen LogP contribution >= 0.6 is 11.3 Å². The molecular formula is C16H22O2S. The maximum absolute atomic E-state index is 8.68. The highest BCUT2D eigenvalue weighted by atomic mass is 32.1. The molecule has 0 aliphatic heterocycles. The van der Waals surface area contributed by atoms with Crippen LogP contribution in [0.15, 0.2) is 12.1 Å². The predicted molar refractivity (Wildman–Crippen MR) is 79.1 cm³/mol. The van der Waals surface area contributed by atoms with E-state index in [4.69, 9.17) is 9.84 Å². The minimum absolute atomic E-state index is 0.133. The van der Waals surface area contributed by atoms with Gasteiger partial charge in [0.25, 0.3) is 0 Å². The van der Waals surface area contributed by atoms with E-state index in [1.165, 1.54) is 30.6 Å². The zero-order chi connectivity index (χ0) is 13.5. The second kappa shape index (κ2) is 7.69. The van der Waals surface area contributed by atoms with Gasteiger partial charge in [-0.1, -0.05) is 31.6 Å². The molecule has 2 atom stereocenters. The van der Waals surface area contributed by atoms with Crippen molar-refractivity contribution in [2.45, 2.75) is 51.7 Å². The lowest BCUT2D eigenvalue weighted by Crippen LogP contribution is -2.21. The third-order valence-corrected chi connectivity index (χ3v) is 4.43. The Morgan fingerprint density at radius 3 is 3.11 bits per heavy atom. The second-order valence-corrected chi connectivity index (χ2v) is 6.41. The molecule has 1 aromatic rings. The number of hydrogen-bond donors (Lipinski definition) is 1. The molecule has 2 unspecified atom stereocenters. The third-order valence-electron chi connectivity index (χ3n) is 3.46. The van der Waals surface area contributed by atoms with Gasteiger partial charge in [0, 0.05) is 11.3 Å². The topological polar surface area (TPSA) is 29.5 Å². The van der Waals surface area contributed by atoms with Gasteiger partial charge in [-0.15, -0.1) is 11.3 Å². The summed E-state index contributed by atoms with van der Waals surface area (Å²) >= 11 is 1.69. The number of aliphatic hydroxyl groups excluding tert-OH is 1. The van der Waals surface area contributed by atoms with Gasteiger partial charge in [0.1, 0.15) is 0 Å². The van der Waals surface area contributed by atoms with Crippen LogP contribution in [0.2, 0.25) is 0 Å². The molecule has 0 spiro atoms. The maximum Gasteiger partial charge on any atom is 0.0813 e. The molecule has 1 heterocycles. The number of thiophene rings is 1. The summed E-state index contributed by atoms with van der Waals surface area (Å²) in [4.78, 5) is 2.30. The maximum atomic E-state index is 8.68. The molecule has 0 bridgehead atoms. The highest BCUT2D eigenvalue weighted by molar-refractivity contribution is 7.12. The fourth-order valence-electron chi connectivity index (χ4n) is 2.46. The van der Waals surface area contributed by atoms with Crippen LogP contribution in [0.4, 0.5) is 0 Å². The minimum atomic E-state index is 0.133. The van der Waals surface area contributed by atoms with E-state index in [1.807, 2.05) is 6.07 Å². The average molecular weight is 278 g/mol. The van der Waals surface area contributed by atoms with Gasteiger partial charge in [-0.3, -0.25) is 0 Å². The molecule has 0 aromatic carbocycles. The molecule has 1 aliphatic rings. The summed E-state index contributed by atoms with van der Waals surface area (Å²) < 4.78 is 6.00. The Hall–Kier alpha value is -0.820. The zero-order valence-corrected chi connectivity index (χ0v) is 12.3. The highest BCUT2D eigenvalue weighted by Gasteiger charge is 2.19. The summed E-state index contributed by atoms with van der Waals surface area (Å²) in [5, 5.41) is 8.68. The van der Waals surface area contributed by atoms with E-state index in [1.54, 1.807) is 11.3 Å². The number of ether oxygens (including phenoxy) is 1. The molecule has 1 aromatic heterocycles. The number of rotatable bonds is 4. The molecule has 1 saturated carbocycles. The molecule has 0 radical (unpaired) electrons. The lowest BCUT2D eigenvalue weighted by Gasteiger charge is -2.26. The van der Waals surface area contributed by atoms with E-state index >= 15 is 0 Å². The van der Waals surface area contributed by atoms with E-state index < -0.39 is 0 Å². The van der Waals surface area contributed by atoms with Gasteiger partial charge in [0.05, 0.1) is 24.2 Å². The average Bonchev–Trinajstić information content (AvgIpc) is 2.85. The van der Waals surface area contributed by atoms with Crippen molar-refractivity contribution in [1.29, 1.82) is 0 Å². The Morgan fingerprint density at radius 2 is 2.32 bits per heavy atom. The van der Waals surface area contributed by atoms with Crippen molar-refractivity contribution in [3.63, 3.8) is 0 Å². The van der Waals surface area contributed by atoms with Crippen molar-refractivity contribution >= 4 is 11.3 Å². The van der Waals surface area contributed by atoms with Crippen molar-refractivity contribution in [2.75, 3.05) is 6.61 Å². The molecule has 0 saturated heterocycles. The zero-order valence-electron chi connectivity index (χ0n) is 11.5. The summed E-state index contributed by atoms with van der Waals surface area (Å²) in [6.07, 6.45) is 6.05. The van der Waals surface area contributed by atoms with E-state index in [0.717, 1.165) is 10.8 Å². The van der Waals surface area contributed by atoms with Crippen LogP contribution in [0.25, 0.3) is 0 Å². The van der Waals surface area contributed by atoms with E-state index in [2.05, 4.69) is 24.8 Å². The van der Waals surface area contributed by atoms with E-state index in [9.17, 15) is 0 Å². The summed E-state index contributed by atoms with van der Waals surface area (Å²) in [6.45, 7) is 3.16. The third kappa shape index (κ3) is 4.99. The molecule has 19 heavy (non-hydrogen) atoms. The Bertz CT molecular complexity index is 441.